The number of rotatable bonds is 3. The van der Waals surface area contributed by atoms with Crippen LogP contribution in [0.2, 0.25) is 5.02 Å². The average molecular weight is 400 g/mol. The number of fused-ring (bicyclic) bond motifs is 1. The maximum absolute atomic E-state index is 12.7. The van der Waals surface area contributed by atoms with Crippen molar-refractivity contribution in [3.05, 3.63) is 53.6 Å². The monoisotopic (exact) mass is 399 g/mol. The van der Waals surface area contributed by atoms with Crippen LogP contribution in [0.25, 0.3) is 0 Å². The normalized spacial score (nSPS) is 19.3. The standard InChI is InChI=1S/C21H22ClN3O3/c22-16-5-7-17(8-6-16)24-9-11-25(12-10-24)20(26)13-15-14-28-19-4-2-1-3-18(19)23-21(15)27/h1-8,15H,9-14H2,(H,23,27)/t15-/m1/s1. The number of ether oxygens (including phenoxy) is 1. The van der Waals surface area contributed by atoms with Crippen LogP contribution in [0.5, 0.6) is 5.75 Å². The van der Waals surface area contributed by atoms with Gasteiger partial charge in [-0.3, -0.25) is 9.59 Å². The van der Waals surface area contributed by atoms with Gasteiger partial charge in [-0.2, -0.15) is 0 Å². The molecule has 0 spiro atoms. The lowest BCUT2D eigenvalue weighted by Crippen LogP contribution is -2.49. The van der Waals surface area contributed by atoms with Gasteiger partial charge in [0.1, 0.15) is 12.4 Å². The lowest BCUT2D eigenvalue weighted by molar-refractivity contribution is -0.135. The number of halogens is 1. The Labute approximate surface area is 169 Å². The highest BCUT2D eigenvalue weighted by Crippen LogP contribution is 2.28. The molecule has 0 aromatic heterocycles. The van der Waals surface area contributed by atoms with Gasteiger partial charge in [0.15, 0.2) is 0 Å². The number of anilines is 2. The van der Waals surface area contributed by atoms with E-state index in [9.17, 15) is 9.59 Å². The molecule has 6 nitrogen and oxygen atoms in total. The Bertz CT molecular complexity index is 863. The third-order valence-corrected chi connectivity index (χ3v) is 5.45. The maximum Gasteiger partial charge on any atom is 0.231 e. The van der Waals surface area contributed by atoms with Crippen LogP contribution in [-0.4, -0.2) is 49.5 Å². The molecular weight excluding hydrogens is 378 g/mol. The molecule has 0 aliphatic carbocycles. The fourth-order valence-electron chi connectivity index (χ4n) is 3.55. The van der Waals surface area contributed by atoms with Crippen LogP contribution < -0.4 is 15.0 Å². The second kappa shape index (κ2) is 8.10. The molecule has 0 bridgehead atoms. The van der Waals surface area contributed by atoms with Crippen molar-refractivity contribution in [3.63, 3.8) is 0 Å². The van der Waals surface area contributed by atoms with Gasteiger partial charge < -0.3 is 19.9 Å². The van der Waals surface area contributed by atoms with E-state index < -0.39 is 5.92 Å². The van der Waals surface area contributed by atoms with E-state index in [1.807, 2.05) is 47.4 Å². The smallest absolute Gasteiger partial charge is 0.231 e. The molecule has 28 heavy (non-hydrogen) atoms. The molecule has 2 amide bonds. The van der Waals surface area contributed by atoms with Crippen LogP contribution in [0.3, 0.4) is 0 Å². The zero-order valence-electron chi connectivity index (χ0n) is 15.4. The lowest BCUT2D eigenvalue weighted by atomic mass is 10.0. The minimum Gasteiger partial charge on any atom is -0.491 e. The summed E-state index contributed by atoms with van der Waals surface area (Å²) in [5, 5.41) is 3.57. The minimum absolute atomic E-state index is 0.00883. The van der Waals surface area contributed by atoms with Crippen molar-refractivity contribution in [2.45, 2.75) is 6.42 Å². The Kier molecular flexibility index (Phi) is 5.39. The van der Waals surface area contributed by atoms with Gasteiger partial charge in [0, 0.05) is 43.3 Å². The fourth-order valence-corrected chi connectivity index (χ4v) is 3.68. The number of amides is 2. The van der Waals surface area contributed by atoms with Gasteiger partial charge in [-0.25, -0.2) is 0 Å². The number of carbonyl (C=O) groups excluding carboxylic acids is 2. The Morgan fingerprint density at radius 1 is 1.07 bits per heavy atom. The summed E-state index contributed by atoms with van der Waals surface area (Å²) in [6.07, 6.45) is 0.154. The largest absolute Gasteiger partial charge is 0.491 e. The van der Waals surface area contributed by atoms with Gasteiger partial charge >= 0.3 is 0 Å². The van der Waals surface area contributed by atoms with E-state index >= 15 is 0 Å². The summed E-state index contributed by atoms with van der Waals surface area (Å²) in [4.78, 5) is 29.3. The molecule has 7 heteroatoms. The van der Waals surface area contributed by atoms with Crippen LogP contribution in [0.4, 0.5) is 11.4 Å². The predicted octanol–water partition coefficient (Wildman–Crippen LogP) is 3.03. The van der Waals surface area contributed by atoms with Crippen molar-refractivity contribution in [2.75, 3.05) is 43.0 Å². The van der Waals surface area contributed by atoms with Gasteiger partial charge in [-0.15, -0.1) is 0 Å². The van der Waals surface area contributed by atoms with Crippen LogP contribution in [0.1, 0.15) is 6.42 Å². The number of hydrogen-bond donors (Lipinski definition) is 1. The van der Waals surface area contributed by atoms with Crippen LogP contribution >= 0.6 is 11.6 Å². The third-order valence-electron chi connectivity index (χ3n) is 5.20. The van der Waals surface area contributed by atoms with Crippen LogP contribution in [0, 0.1) is 5.92 Å². The van der Waals surface area contributed by atoms with E-state index in [1.165, 1.54) is 0 Å². The van der Waals surface area contributed by atoms with E-state index in [1.54, 1.807) is 6.07 Å². The predicted molar refractivity (Wildman–Crippen MR) is 109 cm³/mol. The van der Waals surface area contributed by atoms with Crippen molar-refractivity contribution in [2.24, 2.45) is 5.92 Å². The number of benzene rings is 2. The summed E-state index contributed by atoms with van der Waals surface area (Å²) >= 11 is 5.95. The molecule has 146 valence electrons. The Morgan fingerprint density at radius 3 is 2.54 bits per heavy atom. The zero-order chi connectivity index (χ0) is 19.5. The number of hydrogen-bond acceptors (Lipinski definition) is 4. The maximum atomic E-state index is 12.7. The first-order chi connectivity index (χ1) is 13.6. The van der Waals surface area contributed by atoms with Gasteiger partial charge in [0.2, 0.25) is 11.8 Å². The number of piperazine rings is 1. The summed E-state index contributed by atoms with van der Waals surface area (Å²) in [5.74, 6) is -0.0277. The quantitative estimate of drug-likeness (QED) is 0.861. The van der Waals surface area contributed by atoms with Crippen molar-refractivity contribution < 1.29 is 14.3 Å². The van der Waals surface area contributed by atoms with E-state index in [0.717, 1.165) is 18.8 Å². The molecule has 1 fully saturated rings. The van der Waals surface area contributed by atoms with Crippen LogP contribution in [0.15, 0.2) is 48.5 Å². The molecule has 0 unspecified atom stereocenters. The number of nitrogens with one attached hydrogen (secondary N) is 1. The molecule has 0 saturated carbocycles. The summed E-state index contributed by atoms with van der Waals surface area (Å²) in [6, 6.07) is 15.0. The highest BCUT2D eigenvalue weighted by molar-refractivity contribution is 6.30. The Hall–Kier alpha value is -2.73. The second-order valence-corrected chi connectivity index (χ2v) is 7.48. The SMILES string of the molecule is O=C1Nc2ccccc2OC[C@H]1CC(=O)N1CCN(c2ccc(Cl)cc2)CC1. The topological polar surface area (TPSA) is 61.9 Å². The van der Waals surface area contributed by atoms with Gasteiger partial charge in [-0.1, -0.05) is 23.7 Å². The molecule has 1 saturated heterocycles. The highest BCUT2D eigenvalue weighted by Gasteiger charge is 2.30. The lowest BCUT2D eigenvalue weighted by Gasteiger charge is -2.36. The average Bonchev–Trinajstić information content (AvgIpc) is 2.87. The van der Waals surface area contributed by atoms with Crippen molar-refractivity contribution in [1.82, 2.24) is 4.90 Å². The first kappa shape index (κ1) is 18.6. The fraction of sp³-hybridized carbons (Fsp3) is 0.333. The van der Waals surface area contributed by atoms with E-state index in [-0.39, 0.29) is 24.8 Å². The van der Waals surface area contributed by atoms with Crippen LogP contribution in [-0.2, 0) is 9.59 Å². The summed E-state index contributed by atoms with van der Waals surface area (Å²) in [6.45, 7) is 2.99. The summed E-state index contributed by atoms with van der Waals surface area (Å²) < 4.78 is 5.73. The first-order valence-electron chi connectivity index (χ1n) is 9.41. The van der Waals surface area contributed by atoms with Gasteiger partial charge in [0.25, 0.3) is 0 Å². The summed E-state index contributed by atoms with van der Waals surface area (Å²) in [7, 11) is 0. The van der Waals surface area contributed by atoms with Crippen molar-refractivity contribution in [1.29, 1.82) is 0 Å². The van der Waals surface area contributed by atoms with Gasteiger partial charge in [0.05, 0.1) is 11.6 Å². The number of nitrogens with zero attached hydrogens (tertiary/aromatic N) is 2. The minimum atomic E-state index is -0.491. The second-order valence-electron chi connectivity index (χ2n) is 7.04. The molecular formula is C21H22ClN3O3. The van der Waals surface area contributed by atoms with Gasteiger partial charge in [-0.05, 0) is 36.4 Å². The molecule has 2 aliphatic heterocycles. The molecule has 1 N–H and O–H groups in total. The zero-order valence-corrected chi connectivity index (χ0v) is 16.2. The summed E-state index contributed by atoms with van der Waals surface area (Å²) in [5.41, 5.74) is 1.75. The van der Waals surface area contributed by atoms with Crippen molar-refractivity contribution >= 4 is 34.8 Å². The molecule has 4 rings (SSSR count). The first-order valence-corrected chi connectivity index (χ1v) is 9.79. The van der Waals surface area contributed by atoms with E-state index in [0.29, 0.717) is 29.5 Å². The van der Waals surface area contributed by atoms with E-state index in [4.69, 9.17) is 16.3 Å². The molecule has 0 radical (unpaired) electrons. The van der Waals surface area contributed by atoms with Crippen molar-refractivity contribution in [3.8, 4) is 5.75 Å². The molecule has 2 aromatic rings. The van der Waals surface area contributed by atoms with E-state index in [2.05, 4.69) is 10.2 Å². The number of para-hydroxylation sites is 2. The third kappa shape index (κ3) is 4.07. The molecule has 2 aromatic carbocycles. The Morgan fingerprint density at radius 2 is 1.79 bits per heavy atom. The Balaban J connectivity index is 1.32. The highest BCUT2D eigenvalue weighted by atomic mass is 35.5. The molecule has 2 heterocycles. The molecule has 2 aliphatic rings. The molecule has 1 atom stereocenters. The number of carbonyl (C=O) groups is 2.